The molecule has 0 bridgehead atoms. The Labute approximate surface area is 155 Å². The summed E-state index contributed by atoms with van der Waals surface area (Å²) >= 11 is 0. The molecule has 2 aromatic carbocycles. The molecule has 2 aromatic heterocycles. The number of aromatic nitrogens is 3. The van der Waals surface area contributed by atoms with Crippen LogP contribution in [0.25, 0.3) is 11.1 Å². The molecule has 4 rings (SSSR count). The average molecular weight is 363 g/mol. The predicted molar refractivity (Wildman–Crippen MR) is 101 cm³/mol. The van der Waals surface area contributed by atoms with Crippen LogP contribution >= 0.6 is 0 Å². The summed E-state index contributed by atoms with van der Waals surface area (Å²) in [5, 5.41) is 8.28. The minimum absolute atomic E-state index is 0.283. The zero-order valence-corrected chi connectivity index (χ0v) is 14.6. The summed E-state index contributed by atoms with van der Waals surface area (Å²) in [6.07, 6.45) is 5.17. The van der Waals surface area contributed by atoms with Crippen LogP contribution in [0.4, 0.5) is 6.01 Å². The molecular formula is C19H17N5O3. The van der Waals surface area contributed by atoms with Crippen LogP contribution < -0.4 is 14.9 Å². The van der Waals surface area contributed by atoms with Crippen molar-refractivity contribution in [1.29, 1.82) is 0 Å². The minimum atomic E-state index is 0.283. The van der Waals surface area contributed by atoms with Crippen molar-refractivity contribution in [3.8, 4) is 11.5 Å². The number of hydrogen-bond acceptors (Lipinski definition) is 7. The molecule has 0 unspecified atom stereocenters. The summed E-state index contributed by atoms with van der Waals surface area (Å²) in [6, 6.07) is 15.2. The smallest absolute Gasteiger partial charge is 0.316 e. The number of oxazole rings is 1. The fourth-order valence-electron chi connectivity index (χ4n) is 2.48. The molecule has 0 aliphatic rings. The van der Waals surface area contributed by atoms with Crippen molar-refractivity contribution in [1.82, 2.24) is 14.8 Å². The molecule has 27 heavy (non-hydrogen) atoms. The Balaban J connectivity index is 1.45. The van der Waals surface area contributed by atoms with Crippen LogP contribution in [0.2, 0.25) is 0 Å². The lowest BCUT2D eigenvalue weighted by atomic mass is 10.2. The quantitative estimate of drug-likeness (QED) is 0.399. The van der Waals surface area contributed by atoms with Gasteiger partial charge in [-0.2, -0.15) is 15.2 Å². The third kappa shape index (κ3) is 3.90. The van der Waals surface area contributed by atoms with Gasteiger partial charge in [-0.3, -0.25) is 0 Å². The van der Waals surface area contributed by atoms with Gasteiger partial charge in [0.15, 0.2) is 23.8 Å². The van der Waals surface area contributed by atoms with E-state index in [2.05, 4.69) is 20.6 Å². The monoisotopic (exact) mass is 363 g/mol. The van der Waals surface area contributed by atoms with E-state index in [0.29, 0.717) is 23.1 Å². The lowest BCUT2D eigenvalue weighted by molar-refractivity contribution is 0.211. The molecule has 8 heteroatoms. The van der Waals surface area contributed by atoms with E-state index < -0.39 is 0 Å². The Kier molecular flexibility index (Phi) is 4.69. The molecule has 0 radical (unpaired) electrons. The Morgan fingerprint density at radius 1 is 1.19 bits per heavy atom. The molecule has 136 valence electrons. The normalized spacial score (nSPS) is 11.1. The molecule has 0 atom stereocenters. The van der Waals surface area contributed by atoms with E-state index in [1.54, 1.807) is 24.2 Å². The van der Waals surface area contributed by atoms with E-state index in [0.717, 1.165) is 11.1 Å². The third-order valence-electron chi connectivity index (χ3n) is 3.77. The highest BCUT2D eigenvalue weighted by Crippen LogP contribution is 2.28. The average Bonchev–Trinajstić information content (AvgIpc) is 3.35. The zero-order valence-electron chi connectivity index (χ0n) is 14.6. The van der Waals surface area contributed by atoms with Crippen molar-refractivity contribution in [3.05, 3.63) is 66.5 Å². The number of anilines is 1. The van der Waals surface area contributed by atoms with E-state index >= 15 is 0 Å². The maximum atomic E-state index is 5.78. The predicted octanol–water partition coefficient (Wildman–Crippen LogP) is 3.52. The van der Waals surface area contributed by atoms with Crippen LogP contribution in [0.3, 0.4) is 0 Å². The molecule has 0 aliphatic carbocycles. The van der Waals surface area contributed by atoms with E-state index in [9.17, 15) is 0 Å². The van der Waals surface area contributed by atoms with Crippen LogP contribution in [-0.2, 0) is 6.73 Å². The van der Waals surface area contributed by atoms with Gasteiger partial charge in [-0.15, -0.1) is 0 Å². The summed E-state index contributed by atoms with van der Waals surface area (Å²) in [6.45, 7) is 0.283. The highest BCUT2D eigenvalue weighted by atomic mass is 16.5. The van der Waals surface area contributed by atoms with Crippen molar-refractivity contribution in [3.63, 3.8) is 0 Å². The summed E-state index contributed by atoms with van der Waals surface area (Å²) < 4.78 is 18.3. The molecule has 1 N–H and O–H groups in total. The summed E-state index contributed by atoms with van der Waals surface area (Å²) in [7, 11) is 1.60. The molecule has 0 amide bonds. The molecule has 4 aromatic rings. The molecule has 8 nitrogen and oxygen atoms in total. The van der Waals surface area contributed by atoms with Crippen LogP contribution in [-0.4, -0.2) is 28.1 Å². The zero-order chi connectivity index (χ0) is 18.5. The molecular weight excluding hydrogens is 346 g/mol. The van der Waals surface area contributed by atoms with E-state index in [-0.39, 0.29) is 6.73 Å². The van der Waals surface area contributed by atoms with Gasteiger partial charge in [0, 0.05) is 12.4 Å². The molecule has 0 aliphatic heterocycles. The van der Waals surface area contributed by atoms with Crippen molar-refractivity contribution >= 4 is 23.3 Å². The van der Waals surface area contributed by atoms with E-state index in [1.807, 2.05) is 54.7 Å². The Bertz CT molecular complexity index is 1020. The first-order valence-electron chi connectivity index (χ1n) is 8.25. The Morgan fingerprint density at radius 2 is 2.11 bits per heavy atom. The van der Waals surface area contributed by atoms with Crippen LogP contribution in [0.5, 0.6) is 11.5 Å². The van der Waals surface area contributed by atoms with Gasteiger partial charge in [-0.25, -0.2) is 10.1 Å². The Morgan fingerprint density at radius 3 is 2.93 bits per heavy atom. The van der Waals surface area contributed by atoms with Crippen molar-refractivity contribution in [2.45, 2.75) is 6.73 Å². The Hall–Kier alpha value is -3.81. The highest BCUT2D eigenvalue weighted by Gasteiger charge is 2.06. The maximum absolute atomic E-state index is 5.78. The van der Waals surface area contributed by atoms with Crippen LogP contribution in [0, 0.1) is 0 Å². The minimum Gasteiger partial charge on any atom is -0.493 e. The number of nitrogens with one attached hydrogen (secondary N) is 1. The van der Waals surface area contributed by atoms with Crippen LogP contribution in [0.1, 0.15) is 5.56 Å². The van der Waals surface area contributed by atoms with Gasteiger partial charge in [0.25, 0.3) is 0 Å². The van der Waals surface area contributed by atoms with Gasteiger partial charge in [0.1, 0.15) is 5.52 Å². The molecule has 0 spiro atoms. The number of methoxy groups -OCH3 is 1. The number of nitrogens with zero attached hydrogens (tertiary/aromatic N) is 4. The SMILES string of the molecule is COc1ccc(/C=N/Nc2nc3ccccc3o2)cc1OCn1cccn1. The fraction of sp³-hybridized carbons (Fsp3) is 0.105. The molecule has 0 saturated carbocycles. The van der Waals surface area contributed by atoms with Gasteiger partial charge in [0.05, 0.1) is 13.3 Å². The van der Waals surface area contributed by atoms with E-state index in [4.69, 9.17) is 13.9 Å². The van der Waals surface area contributed by atoms with Crippen molar-refractivity contribution < 1.29 is 13.9 Å². The lowest BCUT2D eigenvalue weighted by Gasteiger charge is -2.11. The second-order valence-electron chi connectivity index (χ2n) is 5.59. The number of hydrazone groups is 1. The number of ether oxygens (including phenoxy) is 2. The molecule has 0 saturated heterocycles. The highest BCUT2D eigenvalue weighted by molar-refractivity contribution is 5.81. The largest absolute Gasteiger partial charge is 0.493 e. The first-order chi connectivity index (χ1) is 13.3. The molecule has 0 fully saturated rings. The third-order valence-corrected chi connectivity index (χ3v) is 3.77. The number of para-hydroxylation sites is 2. The number of benzene rings is 2. The summed E-state index contributed by atoms with van der Waals surface area (Å²) in [5.74, 6) is 1.23. The lowest BCUT2D eigenvalue weighted by Crippen LogP contribution is -2.06. The standard InChI is InChI=1S/C19H17N5O3/c1-25-17-8-7-14(11-18(17)26-13-24-10-4-9-21-24)12-20-23-19-22-15-5-2-3-6-16(15)27-19/h2-12H,13H2,1H3,(H,22,23)/b20-12+. The van der Waals surface area contributed by atoms with Gasteiger partial charge in [0.2, 0.25) is 0 Å². The number of fused-ring (bicyclic) bond motifs is 1. The van der Waals surface area contributed by atoms with Crippen LogP contribution in [0.15, 0.2) is 70.4 Å². The second kappa shape index (κ2) is 7.61. The van der Waals surface area contributed by atoms with Gasteiger partial charge >= 0.3 is 6.01 Å². The van der Waals surface area contributed by atoms with Crippen molar-refractivity contribution in [2.75, 3.05) is 12.5 Å². The number of hydrogen-bond donors (Lipinski definition) is 1. The second-order valence-corrected chi connectivity index (χ2v) is 5.59. The fourth-order valence-corrected chi connectivity index (χ4v) is 2.48. The summed E-state index contributed by atoms with van der Waals surface area (Å²) in [5.41, 5.74) is 5.09. The molecule has 2 heterocycles. The number of rotatable bonds is 7. The van der Waals surface area contributed by atoms with Crippen molar-refractivity contribution in [2.24, 2.45) is 5.10 Å². The van der Waals surface area contributed by atoms with E-state index in [1.165, 1.54) is 0 Å². The first kappa shape index (κ1) is 16.6. The van der Waals surface area contributed by atoms with Gasteiger partial charge in [-0.1, -0.05) is 12.1 Å². The maximum Gasteiger partial charge on any atom is 0.316 e. The van der Waals surface area contributed by atoms with Gasteiger partial charge in [-0.05, 0) is 42.0 Å². The topological polar surface area (TPSA) is 86.7 Å². The summed E-state index contributed by atoms with van der Waals surface area (Å²) in [4.78, 5) is 4.30. The van der Waals surface area contributed by atoms with Gasteiger partial charge < -0.3 is 13.9 Å². The first-order valence-corrected chi connectivity index (χ1v) is 8.25.